The van der Waals surface area contributed by atoms with E-state index < -0.39 is 29.5 Å². The average molecular weight is 220 g/mol. The fourth-order valence-corrected chi connectivity index (χ4v) is 2.05. The van der Waals surface area contributed by atoms with Gasteiger partial charge in [0.1, 0.15) is 23.4 Å². The maximum absolute atomic E-state index is 10.3. The first kappa shape index (κ1) is 12.9. The van der Waals surface area contributed by atoms with E-state index in [9.17, 15) is 10.2 Å². The molecule has 5 nitrogen and oxygen atoms in total. The third-order valence-corrected chi connectivity index (χ3v) is 3.69. The minimum atomic E-state index is -1.47. The van der Waals surface area contributed by atoms with Gasteiger partial charge in [-0.3, -0.25) is 0 Å². The largest absolute Gasteiger partial charge is 0.394 e. The molecule has 3 N–H and O–H groups in total. The number of ether oxygens (including phenoxy) is 2. The Morgan fingerprint density at radius 3 is 2.33 bits per heavy atom. The predicted molar refractivity (Wildman–Crippen MR) is 53.5 cm³/mol. The van der Waals surface area contributed by atoms with E-state index in [1.165, 1.54) is 14.0 Å². The lowest BCUT2D eigenvalue weighted by Gasteiger charge is -2.53. The summed E-state index contributed by atoms with van der Waals surface area (Å²) >= 11 is 0. The molecule has 1 aliphatic rings. The summed E-state index contributed by atoms with van der Waals surface area (Å²) in [6.07, 6.45) is -2.38. The Bertz CT molecular complexity index is 230. The predicted octanol–water partition coefficient (Wildman–Crippen LogP) is -0.717. The summed E-state index contributed by atoms with van der Waals surface area (Å²) in [5.74, 6) is 0. The lowest BCUT2D eigenvalue weighted by atomic mass is 9.73. The van der Waals surface area contributed by atoms with Crippen LogP contribution < -0.4 is 0 Å². The zero-order valence-corrected chi connectivity index (χ0v) is 9.60. The van der Waals surface area contributed by atoms with Crippen LogP contribution in [0.5, 0.6) is 0 Å². The number of aliphatic hydroxyl groups is 3. The summed E-state index contributed by atoms with van der Waals surface area (Å²) in [5, 5.41) is 29.2. The standard InChI is InChI=1S/C10H20O5/c1-6-10(3,14-4)9(2,13)8(12)7(5-11)15-6/h6-8,11-13H,5H2,1-4H3/t6?,7-,8-,9+,10+/m1/s1. The van der Waals surface area contributed by atoms with Crippen molar-refractivity contribution in [3.63, 3.8) is 0 Å². The molecule has 1 saturated heterocycles. The quantitative estimate of drug-likeness (QED) is 0.572. The van der Waals surface area contributed by atoms with E-state index in [2.05, 4.69) is 0 Å². The summed E-state index contributed by atoms with van der Waals surface area (Å²) in [6.45, 7) is 4.57. The van der Waals surface area contributed by atoms with Gasteiger partial charge in [-0.25, -0.2) is 0 Å². The molecule has 1 unspecified atom stereocenters. The van der Waals surface area contributed by atoms with E-state index in [1.807, 2.05) is 0 Å². The van der Waals surface area contributed by atoms with Gasteiger partial charge in [-0.05, 0) is 20.8 Å². The Balaban J connectivity index is 3.04. The molecule has 1 rings (SSSR count). The van der Waals surface area contributed by atoms with Gasteiger partial charge in [0, 0.05) is 7.11 Å². The van der Waals surface area contributed by atoms with Gasteiger partial charge in [0.05, 0.1) is 12.7 Å². The molecule has 0 aromatic heterocycles. The van der Waals surface area contributed by atoms with Gasteiger partial charge in [0.2, 0.25) is 0 Å². The Labute approximate surface area is 89.6 Å². The van der Waals surface area contributed by atoms with Crippen LogP contribution in [0.2, 0.25) is 0 Å². The Morgan fingerprint density at radius 1 is 1.40 bits per heavy atom. The molecular weight excluding hydrogens is 200 g/mol. The zero-order chi connectivity index (χ0) is 11.9. The molecule has 0 spiro atoms. The third-order valence-electron chi connectivity index (χ3n) is 3.69. The molecular formula is C10H20O5. The number of rotatable bonds is 2. The summed E-state index contributed by atoms with van der Waals surface area (Å²) in [7, 11) is 1.46. The van der Waals surface area contributed by atoms with Crippen LogP contribution in [0.3, 0.4) is 0 Å². The van der Waals surface area contributed by atoms with Crippen LogP contribution in [0, 0.1) is 0 Å². The first-order valence-electron chi connectivity index (χ1n) is 5.03. The van der Waals surface area contributed by atoms with Crippen LogP contribution in [0.15, 0.2) is 0 Å². The van der Waals surface area contributed by atoms with Crippen molar-refractivity contribution >= 4 is 0 Å². The summed E-state index contributed by atoms with van der Waals surface area (Å²) < 4.78 is 10.7. The van der Waals surface area contributed by atoms with E-state index in [0.717, 1.165) is 0 Å². The molecule has 0 radical (unpaired) electrons. The molecule has 1 fully saturated rings. The van der Waals surface area contributed by atoms with E-state index in [1.54, 1.807) is 13.8 Å². The van der Waals surface area contributed by atoms with E-state index in [4.69, 9.17) is 14.6 Å². The van der Waals surface area contributed by atoms with Crippen molar-refractivity contribution in [1.29, 1.82) is 0 Å². The lowest BCUT2D eigenvalue weighted by Crippen LogP contribution is -2.71. The second-order valence-corrected chi connectivity index (χ2v) is 4.40. The highest BCUT2D eigenvalue weighted by molar-refractivity contribution is 5.09. The summed E-state index contributed by atoms with van der Waals surface area (Å²) in [6, 6.07) is 0. The molecule has 5 atom stereocenters. The lowest BCUT2D eigenvalue weighted by molar-refractivity contribution is -0.311. The van der Waals surface area contributed by atoms with Gasteiger partial charge in [-0.2, -0.15) is 0 Å². The van der Waals surface area contributed by atoms with Crippen molar-refractivity contribution in [3.05, 3.63) is 0 Å². The van der Waals surface area contributed by atoms with Crippen molar-refractivity contribution in [2.24, 2.45) is 0 Å². The summed E-state index contributed by atoms with van der Waals surface area (Å²) in [5.41, 5.74) is -2.47. The van der Waals surface area contributed by atoms with Crippen LogP contribution in [-0.4, -0.2) is 58.6 Å². The first-order chi connectivity index (χ1) is 6.81. The molecule has 0 bridgehead atoms. The second-order valence-electron chi connectivity index (χ2n) is 4.40. The van der Waals surface area contributed by atoms with Gasteiger partial charge >= 0.3 is 0 Å². The molecule has 1 aliphatic heterocycles. The van der Waals surface area contributed by atoms with Crippen LogP contribution in [0.25, 0.3) is 0 Å². The fourth-order valence-electron chi connectivity index (χ4n) is 2.05. The van der Waals surface area contributed by atoms with Gasteiger partial charge < -0.3 is 24.8 Å². The van der Waals surface area contributed by atoms with Crippen LogP contribution >= 0.6 is 0 Å². The van der Waals surface area contributed by atoms with Gasteiger partial charge in [0.15, 0.2) is 0 Å². The van der Waals surface area contributed by atoms with E-state index >= 15 is 0 Å². The molecule has 0 saturated carbocycles. The minimum absolute atomic E-state index is 0.332. The normalized spacial score (nSPS) is 51.8. The number of hydrogen-bond donors (Lipinski definition) is 3. The number of methoxy groups -OCH3 is 1. The second kappa shape index (κ2) is 3.99. The first-order valence-corrected chi connectivity index (χ1v) is 5.03. The molecule has 15 heavy (non-hydrogen) atoms. The highest BCUT2D eigenvalue weighted by Gasteiger charge is 2.59. The third kappa shape index (κ3) is 1.68. The van der Waals surface area contributed by atoms with E-state index in [0.29, 0.717) is 0 Å². The molecule has 0 aromatic carbocycles. The van der Waals surface area contributed by atoms with E-state index in [-0.39, 0.29) is 6.61 Å². The van der Waals surface area contributed by atoms with Crippen LogP contribution in [0.4, 0.5) is 0 Å². The van der Waals surface area contributed by atoms with Crippen molar-refractivity contribution in [1.82, 2.24) is 0 Å². The van der Waals surface area contributed by atoms with Crippen molar-refractivity contribution in [2.45, 2.75) is 50.3 Å². The highest BCUT2D eigenvalue weighted by Crippen LogP contribution is 2.39. The Morgan fingerprint density at radius 2 is 1.93 bits per heavy atom. The van der Waals surface area contributed by atoms with Crippen molar-refractivity contribution in [3.8, 4) is 0 Å². The zero-order valence-electron chi connectivity index (χ0n) is 9.60. The van der Waals surface area contributed by atoms with Crippen molar-refractivity contribution < 1.29 is 24.8 Å². The van der Waals surface area contributed by atoms with Crippen molar-refractivity contribution in [2.75, 3.05) is 13.7 Å². The number of hydrogen-bond acceptors (Lipinski definition) is 5. The smallest absolute Gasteiger partial charge is 0.122 e. The molecule has 90 valence electrons. The molecule has 5 heteroatoms. The average Bonchev–Trinajstić information content (AvgIpc) is 2.21. The molecule has 0 aliphatic carbocycles. The maximum Gasteiger partial charge on any atom is 0.122 e. The Hall–Kier alpha value is -0.200. The number of aliphatic hydroxyl groups excluding tert-OH is 2. The SMILES string of the molecule is CO[C@@]1(C)C(C)O[C@H](CO)[C@@H](O)[C@]1(C)O. The topological polar surface area (TPSA) is 79.2 Å². The summed E-state index contributed by atoms with van der Waals surface area (Å²) in [4.78, 5) is 0. The fraction of sp³-hybridized carbons (Fsp3) is 1.00. The highest BCUT2D eigenvalue weighted by atomic mass is 16.6. The van der Waals surface area contributed by atoms with Crippen LogP contribution in [0.1, 0.15) is 20.8 Å². The molecule has 1 heterocycles. The van der Waals surface area contributed by atoms with Gasteiger partial charge in [0.25, 0.3) is 0 Å². The molecule has 0 aromatic rings. The van der Waals surface area contributed by atoms with Gasteiger partial charge in [-0.1, -0.05) is 0 Å². The minimum Gasteiger partial charge on any atom is -0.394 e. The van der Waals surface area contributed by atoms with Gasteiger partial charge in [-0.15, -0.1) is 0 Å². The monoisotopic (exact) mass is 220 g/mol. The Kier molecular flexibility index (Phi) is 3.42. The van der Waals surface area contributed by atoms with Crippen LogP contribution in [-0.2, 0) is 9.47 Å². The molecule has 0 amide bonds. The maximum atomic E-state index is 10.3.